The third kappa shape index (κ3) is 4.37. The highest BCUT2D eigenvalue weighted by atomic mass is 16.5. The van der Waals surface area contributed by atoms with Crippen LogP contribution in [-0.2, 0) is 4.74 Å². The van der Waals surface area contributed by atoms with Gasteiger partial charge < -0.3 is 21.1 Å². The first kappa shape index (κ1) is 14.5. The summed E-state index contributed by atoms with van der Waals surface area (Å²) in [5.41, 5.74) is 5.68. The number of methoxy groups -OCH3 is 1. The summed E-state index contributed by atoms with van der Waals surface area (Å²) in [7, 11) is 1.69. The Labute approximate surface area is 108 Å². The Kier molecular flexibility index (Phi) is 5.64. The van der Waals surface area contributed by atoms with E-state index in [0.29, 0.717) is 18.3 Å². The molecular weight excluding hydrogens is 230 g/mol. The number of anilines is 3. The Balaban J connectivity index is 2.81. The molecule has 0 aromatic carbocycles. The summed E-state index contributed by atoms with van der Waals surface area (Å²) in [5.74, 6) is 2.14. The minimum atomic E-state index is 0.193. The zero-order valence-corrected chi connectivity index (χ0v) is 11.5. The van der Waals surface area contributed by atoms with Crippen LogP contribution in [0.3, 0.4) is 0 Å². The van der Waals surface area contributed by atoms with Gasteiger partial charge in [0.2, 0.25) is 5.95 Å². The van der Waals surface area contributed by atoms with E-state index in [9.17, 15) is 0 Å². The number of nitrogens with one attached hydrogen (secondary N) is 2. The topological polar surface area (TPSA) is 85.1 Å². The number of aromatic nitrogens is 2. The quantitative estimate of drug-likeness (QED) is 0.684. The van der Waals surface area contributed by atoms with Gasteiger partial charge in [-0.3, -0.25) is 0 Å². The first-order chi connectivity index (χ1) is 8.56. The van der Waals surface area contributed by atoms with Gasteiger partial charge in [0.05, 0.1) is 12.6 Å². The van der Waals surface area contributed by atoms with Gasteiger partial charge in [-0.05, 0) is 12.8 Å². The lowest BCUT2D eigenvalue weighted by atomic mass is 10.1. The van der Waals surface area contributed by atoms with Gasteiger partial charge in [-0.15, -0.1) is 0 Å². The minimum absolute atomic E-state index is 0.193. The van der Waals surface area contributed by atoms with Crippen molar-refractivity contribution >= 4 is 17.6 Å². The van der Waals surface area contributed by atoms with Crippen LogP contribution in [0.15, 0.2) is 6.07 Å². The number of ether oxygens (including phenoxy) is 1. The average Bonchev–Trinajstić information content (AvgIpc) is 2.28. The second-order valence-corrected chi connectivity index (χ2v) is 4.48. The Morgan fingerprint density at radius 2 is 2.00 bits per heavy atom. The van der Waals surface area contributed by atoms with E-state index in [2.05, 4.69) is 34.4 Å². The highest BCUT2D eigenvalue weighted by molar-refractivity contribution is 5.51. The molecule has 102 valence electrons. The van der Waals surface area contributed by atoms with Crippen molar-refractivity contribution in [3.8, 4) is 0 Å². The van der Waals surface area contributed by atoms with Crippen LogP contribution in [0, 0.1) is 5.92 Å². The number of hydrogen-bond acceptors (Lipinski definition) is 6. The maximum atomic E-state index is 5.68. The highest BCUT2D eigenvalue weighted by Gasteiger charge is 2.14. The third-order valence-electron chi connectivity index (χ3n) is 2.59. The fourth-order valence-corrected chi connectivity index (χ4v) is 1.58. The summed E-state index contributed by atoms with van der Waals surface area (Å²) >= 11 is 0. The van der Waals surface area contributed by atoms with E-state index in [-0.39, 0.29) is 12.0 Å². The van der Waals surface area contributed by atoms with Gasteiger partial charge in [-0.25, -0.2) is 0 Å². The van der Waals surface area contributed by atoms with Crippen LogP contribution < -0.4 is 16.4 Å². The summed E-state index contributed by atoms with van der Waals surface area (Å²) in [5, 5.41) is 6.44. The average molecular weight is 253 g/mol. The first-order valence-electron chi connectivity index (χ1n) is 6.20. The molecule has 1 aromatic heterocycles. The summed E-state index contributed by atoms with van der Waals surface area (Å²) in [6.07, 6.45) is 0. The molecule has 1 rings (SSSR count). The molecule has 6 nitrogen and oxygen atoms in total. The molecule has 0 aliphatic carbocycles. The number of hydrogen-bond donors (Lipinski definition) is 3. The molecule has 0 aliphatic heterocycles. The number of nitrogen functional groups attached to an aromatic ring is 1. The number of nitrogens with zero attached hydrogens (tertiary/aromatic N) is 2. The van der Waals surface area contributed by atoms with Gasteiger partial charge in [0, 0.05) is 19.7 Å². The Hall–Kier alpha value is -1.56. The highest BCUT2D eigenvalue weighted by Crippen LogP contribution is 2.15. The Morgan fingerprint density at radius 1 is 1.33 bits per heavy atom. The molecule has 4 N–H and O–H groups in total. The normalized spacial score (nSPS) is 12.5. The second kappa shape index (κ2) is 7.00. The van der Waals surface area contributed by atoms with Gasteiger partial charge in [-0.1, -0.05) is 13.8 Å². The maximum absolute atomic E-state index is 5.68. The van der Waals surface area contributed by atoms with Crippen molar-refractivity contribution in [1.29, 1.82) is 0 Å². The van der Waals surface area contributed by atoms with Crippen LogP contribution in [0.2, 0.25) is 0 Å². The van der Waals surface area contributed by atoms with Gasteiger partial charge in [0.15, 0.2) is 0 Å². The molecule has 18 heavy (non-hydrogen) atoms. The van der Waals surface area contributed by atoms with Crippen LogP contribution >= 0.6 is 0 Å². The van der Waals surface area contributed by atoms with Crippen LogP contribution in [-0.4, -0.2) is 36.3 Å². The summed E-state index contributed by atoms with van der Waals surface area (Å²) < 4.78 is 5.19. The van der Waals surface area contributed by atoms with Crippen molar-refractivity contribution in [2.45, 2.75) is 26.8 Å². The third-order valence-corrected chi connectivity index (χ3v) is 2.59. The monoisotopic (exact) mass is 253 g/mol. The molecule has 0 radical (unpaired) electrons. The molecular formula is C12H23N5O. The summed E-state index contributed by atoms with van der Waals surface area (Å²) in [6, 6.07) is 2.05. The molecule has 1 heterocycles. The molecule has 1 atom stereocenters. The Bertz CT molecular complexity index is 369. The first-order valence-corrected chi connectivity index (χ1v) is 6.20. The summed E-state index contributed by atoms with van der Waals surface area (Å²) in [6.45, 7) is 7.69. The smallest absolute Gasteiger partial charge is 0.223 e. The van der Waals surface area contributed by atoms with Crippen molar-refractivity contribution in [2.75, 3.05) is 36.6 Å². The predicted octanol–water partition coefficient (Wildman–Crippen LogP) is 1.57. The van der Waals surface area contributed by atoms with Crippen LogP contribution in [0.4, 0.5) is 17.6 Å². The maximum Gasteiger partial charge on any atom is 0.223 e. The molecule has 0 spiro atoms. The van der Waals surface area contributed by atoms with Crippen LogP contribution in [0.5, 0.6) is 0 Å². The zero-order valence-electron chi connectivity index (χ0n) is 11.5. The summed E-state index contributed by atoms with van der Waals surface area (Å²) in [4.78, 5) is 8.29. The lowest BCUT2D eigenvalue weighted by Gasteiger charge is -2.22. The van der Waals surface area contributed by atoms with Gasteiger partial charge >= 0.3 is 0 Å². The van der Waals surface area contributed by atoms with E-state index >= 15 is 0 Å². The van der Waals surface area contributed by atoms with Gasteiger partial charge in [-0.2, -0.15) is 9.97 Å². The van der Waals surface area contributed by atoms with Crippen molar-refractivity contribution < 1.29 is 4.74 Å². The van der Waals surface area contributed by atoms with E-state index < -0.39 is 0 Å². The fourth-order valence-electron chi connectivity index (χ4n) is 1.58. The Morgan fingerprint density at radius 3 is 2.56 bits per heavy atom. The van der Waals surface area contributed by atoms with Gasteiger partial charge in [0.25, 0.3) is 0 Å². The van der Waals surface area contributed by atoms with E-state index in [4.69, 9.17) is 10.5 Å². The van der Waals surface area contributed by atoms with E-state index in [1.165, 1.54) is 0 Å². The van der Waals surface area contributed by atoms with E-state index in [0.717, 1.165) is 12.4 Å². The van der Waals surface area contributed by atoms with Crippen LogP contribution in [0.1, 0.15) is 20.8 Å². The number of nitrogens with two attached hydrogens (primary N) is 1. The zero-order chi connectivity index (χ0) is 13.5. The minimum Gasteiger partial charge on any atom is -0.383 e. The molecule has 1 aromatic rings. The molecule has 1 unspecified atom stereocenters. The number of rotatable bonds is 7. The largest absolute Gasteiger partial charge is 0.383 e. The lowest BCUT2D eigenvalue weighted by Crippen LogP contribution is -2.31. The van der Waals surface area contributed by atoms with E-state index in [1.807, 2.05) is 13.0 Å². The molecule has 6 heteroatoms. The predicted molar refractivity (Wildman–Crippen MR) is 74.7 cm³/mol. The molecule has 0 fully saturated rings. The lowest BCUT2D eigenvalue weighted by molar-refractivity contribution is 0.171. The molecule has 0 aliphatic rings. The van der Waals surface area contributed by atoms with Crippen molar-refractivity contribution in [2.24, 2.45) is 5.92 Å². The molecule has 0 amide bonds. The van der Waals surface area contributed by atoms with E-state index in [1.54, 1.807) is 7.11 Å². The van der Waals surface area contributed by atoms with Crippen molar-refractivity contribution in [3.05, 3.63) is 6.07 Å². The second-order valence-electron chi connectivity index (χ2n) is 4.48. The van der Waals surface area contributed by atoms with Gasteiger partial charge in [0.1, 0.15) is 11.6 Å². The molecule has 0 saturated heterocycles. The molecule has 0 bridgehead atoms. The van der Waals surface area contributed by atoms with Crippen molar-refractivity contribution in [3.63, 3.8) is 0 Å². The molecule has 0 saturated carbocycles. The fraction of sp³-hybridized carbons (Fsp3) is 0.667. The van der Waals surface area contributed by atoms with Crippen LogP contribution in [0.25, 0.3) is 0 Å². The SMILES string of the molecule is CCNc1cc(NC(COC)C(C)C)nc(N)n1. The van der Waals surface area contributed by atoms with Crippen molar-refractivity contribution in [1.82, 2.24) is 9.97 Å². The standard InChI is InChI=1S/C12H23N5O/c1-5-14-10-6-11(17-12(13)16-10)15-9(7-18-4)8(2)3/h6,8-9H,5,7H2,1-4H3,(H4,13,14,15,16,17).